The molecular weight excluding hydrogens is 328 g/mol. The normalized spacial score (nSPS) is 19.2. The summed E-state index contributed by atoms with van der Waals surface area (Å²) in [4.78, 5) is 30.6. The molecule has 3 amide bonds. The molecule has 1 saturated heterocycles. The number of nitrogens with one attached hydrogen (secondary N) is 2. The minimum absolute atomic E-state index is 0.128. The van der Waals surface area contributed by atoms with Gasteiger partial charge in [0.2, 0.25) is 0 Å². The Balaban J connectivity index is 1.60. The van der Waals surface area contributed by atoms with Gasteiger partial charge in [-0.05, 0) is 19.8 Å². The van der Waals surface area contributed by atoms with Crippen LogP contribution in [0.2, 0.25) is 0 Å². The minimum Gasteiger partial charge on any atom is -0.329 e. The lowest BCUT2D eigenvalue weighted by Crippen LogP contribution is -2.54. The van der Waals surface area contributed by atoms with Gasteiger partial charge in [0.05, 0.1) is 6.04 Å². The van der Waals surface area contributed by atoms with E-state index >= 15 is 0 Å². The van der Waals surface area contributed by atoms with Gasteiger partial charge < -0.3 is 10.6 Å². The molecule has 1 aliphatic rings. The van der Waals surface area contributed by atoms with Crippen LogP contribution in [-0.4, -0.2) is 39.3 Å². The number of nitrogens with zero attached hydrogens (tertiary/aromatic N) is 4. The molecule has 24 heavy (non-hydrogen) atoms. The highest BCUT2D eigenvalue weighted by Gasteiger charge is 2.32. The van der Waals surface area contributed by atoms with Gasteiger partial charge in [-0.3, -0.25) is 14.4 Å². The third kappa shape index (κ3) is 3.56. The highest BCUT2D eigenvalue weighted by molar-refractivity contribution is 7.09. The summed E-state index contributed by atoms with van der Waals surface area (Å²) in [5.74, 6) is 0.488. The maximum atomic E-state index is 12.6. The average molecular weight is 348 g/mol. The third-order valence-corrected chi connectivity index (χ3v) is 4.85. The Morgan fingerprint density at radius 1 is 1.50 bits per heavy atom. The number of urea groups is 1. The van der Waals surface area contributed by atoms with Gasteiger partial charge in [0.15, 0.2) is 5.82 Å². The van der Waals surface area contributed by atoms with Crippen LogP contribution in [-0.2, 0) is 11.8 Å². The molecule has 1 aliphatic heterocycles. The number of amides is 3. The van der Waals surface area contributed by atoms with Gasteiger partial charge >= 0.3 is 6.03 Å². The van der Waals surface area contributed by atoms with Crippen LogP contribution in [0.25, 0.3) is 0 Å². The van der Waals surface area contributed by atoms with Gasteiger partial charge in [0, 0.05) is 37.4 Å². The van der Waals surface area contributed by atoms with Crippen molar-refractivity contribution in [2.24, 2.45) is 7.05 Å². The van der Waals surface area contributed by atoms with Crippen LogP contribution in [0.5, 0.6) is 0 Å². The number of piperidine rings is 1. The Hall–Kier alpha value is -2.42. The molecule has 8 nitrogen and oxygen atoms in total. The molecule has 2 aromatic heterocycles. The number of rotatable bonds is 4. The first-order valence-corrected chi connectivity index (χ1v) is 8.70. The summed E-state index contributed by atoms with van der Waals surface area (Å²) in [7, 11) is 1.81. The van der Waals surface area contributed by atoms with Crippen LogP contribution in [0.4, 0.5) is 10.6 Å². The smallest absolute Gasteiger partial charge is 0.315 e. The number of hydrogen-bond acceptors (Lipinski definition) is 5. The first-order valence-electron chi connectivity index (χ1n) is 7.82. The van der Waals surface area contributed by atoms with Crippen molar-refractivity contribution in [3.8, 4) is 0 Å². The summed E-state index contributed by atoms with van der Waals surface area (Å²) < 4.78 is 1.65. The van der Waals surface area contributed by atoms with Crippen LogP contribution in [0.1, 0.15) is 30.8 Å². The van der Waals surface area contributed by atoms with Crippen molar-refractivity contribution in [2.45, 2.75) is 31.8 Å². The molecule has 9 heteroatoms. The van der Waals surface area contributed by atoms with Crippen molar-refractivity contribution in [3.05, 3.63) is 28.8 Å². The van der Waals surface area contributed by atoms with Crippen molar-refractivity contribution in [1.82, 2.24) is 25.4 Å². The molecular formula is C15H20N6O2S. The lowest BCUT2D eigenvalue weighted by Gasteiger charge is -2.31. The summed E-state index contributed by atoms with van der Waals surface area (Å²) in [5, 5.41) is 12.5. The highest BCUT2D eigenvalue weighted by Crippen LogP contribution is 2.19. The lowest BCUT2D eigenvalue weighted by atomic mass is 10.1. The Bertz CT molecular complexity index is 713. The summed E-state index contributed by atoms with van der Waals surface area (Å²) in [6, 6.07) is 0.698. The van der Waals surface area contributed by atoms with Gasteiger partial charge in [-0.1, -0.05) is 0 Å². The second kappa shape index (κ2) is 7.00. The van der Waals surface area contributed by atoms with Gasteiger partial charge in [-0.15, -0.1) is 11.3 Å². The maximum Gasteiger partial charge on any atom is 0.315 e. The Morgan fingerprint density at radius 3 is 3.00 bits per heavy atom. The molecule has 2 aromatic rings. The molecule has 2 N–H and O–H groups in total. The number of anilines is 1. The second-order valence-electron chi connectivity index (χ2n) is 5.74. The number of hydrogen-bond donors (Lipinski definition) is 2. The molecule has 128 valence electrons. The fourth-order valence-electron chi connectivity index (χ4n) is 2.69. The molecule has 3 rings (SSSR count). The maximum absolute atomic E-state index is 12.6. The Morgan fingerprint density at radius 2 is 2.33 bits per heavy atom. The van der Waals surface area contributed by atoms with E-state index in [2.05, 4.69) is 20.7 Å². The standard InChI is InChI=1S/C15H20N6O2S/c1-10(13-16-6-9-24-13)17-15(23)18-11-4-3-7-21(14(11)22)12-5-8-20(2)19-12/h5-6,8-11H,3-4,7H2,1-2H3,(H2,17,18,23)/t10-,11-/m1/s1. The van der Waals surface area contributed by atoms with Crippen LogP contribution >= 0.6 is 11.3 Å². The van der Waals surface area contributed by atoms with Crippen LogP contribution in [0, 0.1) is 0 Å². The van der Waals surface area contributed by atoms with Gasteiger partial charge in [-0.25, -0.2) is 9.78 Å². The van der Waals surface area contributed by atoms with E-state index in [0.717, 1.165) is 11.4 Å². The number of thiazole rings is 1. The monoisotopic (exact) mass is 348 g/mol. The van der Waals surface area contributed by atoms with E-state index in [0.29, 0.717) is 18.8 Å². The van der Waals surface area contributed by atoms with Gasteiger partial charge in [0.25, 0.3) is 5.91 Å². The quantitative estimate of drug-likeness (QED) is 0.874. The highest BCUT2D eigenvalue weighted by atomic mass is 32.1. The van der Waals surface area contributed by atoms with Gasteiger partial charge in [-0.2, -0.15) is 5.10 Å². The van der Waals surface area contributed by atoms with Crippen LogP contribution in [0.3, 0.4) is 0 Å². The van der Waals surface area contributed by atoms with E-state index in [4.69, 9.17) is 0 Å². The summed E-state index contributed by atoms with van der Waals surface area (Å²) >= 11 is 1.48. The molecule has 0 spiro atoms. The second-order valence-corrected chi connectivity index (χ2v) is 6.67. The van der Waals surface area contributed by atoms with Crippen LogP contribution < -0.4 is 15.5 Å². The molecule has 2 atom stereocenters. The largest absolute Gasteiger partial charge is 0.329 e. The molecule has 0 unspecified atom stereocenters. The minimum atomic E-state index is -0.538. The molecule has 0 bridgehead atoms. The average Bonchev–Trinajstić information content (AvgIpc) is 3.21. The van der Waals surface area contributed by atoms with E-state index in [1.54, 1.807) is 35.1 Å². The number of aromatic nitrogens is 3. The molecule has 0 radical (unpaired) electrons. The van der Waals surface area contributed by atoms with Crippen molar-refractivity contribution in [2.75, 3.05) is 11.4 Å². The predicted molar refractivity (Wildman–Crippen MR) is 90.8 cm³/mol. The number of carbonyl (C=O) groups excluding carboxylic acids is 2. The van der Waals surface area contributed by atoms with Crippen LogP contribution in [0.15, 0.2) is 23.8 Å². The molecule has 0 aliphatic carbocycles. The SMILES string of the molecule is C[C@@H](NC(=O)N[C@@H]1CCCN(c2ccn(C)n2)C1=O)c1nccs1. The van der Waals surface area contributed by atoms with E-state index < -0.39 is 6.04 Å². The fraction of sp³-hybridized carbons (Fsp3) is 0.467. The molecule has 0 saturated carbocycles. The topological polar surface area (TPSA) is 92.2 Å². The zero-order valence-electron chi connectivity index (χ0n) is 13.6. The third-order valence-electron chi connectivity index (χ3n) is 3.89. The number of aryl methyl sites for hydroxylation is 1. The Labute approximate surface area is 143 Å². The van der Waals surface area contributed by atoms with Gasteiger partial charge in [0.1, 0.15) is 11.0 Å². The van der Waals surface area contributed by atoms with E-state index in [9.17, 15) is 9.59 Å². The van der Waals surface area contributed by atoms with Crippen molar-refractivity contribution in [1.29, 1.82) is 0 Å². The Kier molecular flexibility index (Phi) is 4.79. The zero-order valence-corrected chi connectivity index (χ0v) is 14.4. The molecule has 0 aromatic carbocycles. The van der Waals surface area contributed by atoms with Crippen molar-refractivity contribution < 1.29 is 9.59 Å². The molecule has 1 fully saturated rings. The van der Waals surface area contributed by atoms with E-state index in [1.165, 1.54) is 11.3 Å². The summed E-state index contributed by atoms with van der Waals surface area (Å²) in [5.41, 5.74) is 0. The van der Waals surface area contributed by atoms with Crippen molar-refractivity contribution >= 4 is 29.1 Å². The number of carbonyl (C=O) groups is 2. The zero-order chi connectivity index (χ0) is 17.1. The first-order chi connectivity index (χ1) is 11.5. The fourth-order valence-corrected chi connectivity index (χ4v) is 3.34. The lowest BCUT2D eigenvalue weighted by molar-refractivity contribution is -0.121. The van der Waals surface area contributed by atoms with E-state index in [-0.39, 0.29) is 18.0 Å². The van der Waals surface area contributed by atoms with E-state index in [1.807, 2.05) is 12.3 Å². The van der Waals surface area contributed by atoms with Crippen molar-refractivity contribution in [3.63, 3.8) is 0 Å². The summed E-state index contributed by atoms with van der Waals surface area (Å²) in [6.45, 7) is 2.48. The predicted octanol–water partition coefficient (Wildman–Crippen LogP) is 1.43. The summed E-state index contributed by atoms with van der Waals surface area (Å²) in [6.07, 6.45) is 4.93. The molecule has 3 heterocycles. The first kappa shape index (κ1) is 16.4.